The largest absolute Gasteiger partial charge is 0.497 e. The zero-order chi connectivity index (χ0) is 25.8. The molecule has 3 heterocycles. The van der Waals surface area contributed by atoms with E-state index in [2.05, 4.69) is 17.1 Å². The standard InChI is InChI=1S/C29H31N3O5/c1-4-6-15-37-23-14-11-20(17-24(23)35-5-2)28-25-26(19-9-12-21(34-3)13-10-19)30-31-27(25)29(33)32(28)18-22-8-7-16-36-22/h7-14,16-17,28H,4-6,15,18H2,1-3H3,(H,30,31). The SMILES string of the molecule is CCCCOc1ccc(C2c3c(-c4ccc(OC)cc4)n[nH]c3C(=O)N2Cc2ccco2)cc1OCC. The fourth-order valence-electron chi connectivity index (χ4n) is 4.65. The van der Waals surface area contributed by atoms with Crippen molar-refractivity contribution in [3.63, 3.8) is 0 Å². The van der Waals surface area contributed by atoms with Crippen LogP contribution < -0.4 is 14.2 Å². The summed E-state index contributed by atoms with van der Waals surface area (Å²) >= 11 is 0. The number of methoxy groups -OCH3 is 1. The minimum absolute atomic E-state index is 0.134. The predicted molar refractivity (Wildman–Crippen MR) is 139 cm³/mol. The number of ether oxygens (including phenoxy) is 3. The Morgan fingerprint density at radius 2 is 1.89 bits per heavy atom. The van der Waals surface area contributed by atoms with Crippen LogP contribution in [0.5, 0.6) is 17.2 Å². The highest BCUT2D eigenvalue weighted by Gasteiger charge is 2.42. The molecule has 4 aromatic rings. The molecule has 2 aromatic carbocycles. The summed E-state index contributed by atoms with van der Waals surface area (Å²) in [5, 5.41) is 7.55. The van der Waals surface area contributed by atoms with E-state index >= 15 is 0 Å². The van der Waals surface area contributed by atoms with E-state index in [-0.39, 0.29) is 5.91 Å². The number of carbonyl (C=O) groups excluding carboxylic acids is 1. The van der Waals surface area contributed by atoms with E-state index in [1.54, 1.807) is 18.3 Å². The lowest BCUT2D eigenvalue weighted by molar-refractivity contribution is 0.0716. The maximum atomic E-state index is 13.6. The number of fused-ring (bicyclic) bond motifs is 1. The van der Waals surface area contributed by atoms with Gasteiger partial charge in [-0.25, -0.2) is 0 Å². The van der Waals surface area contributed by atoms with E-state index < -0.39 is 6.04 Å². The van der Waals surface area contributed by atoms with Gasteiger partial charge < -0.3 is 23.5 Å². The first-order valence-corrected chi connectivity index (χ1v) is 12.6. The summed E-state index contributed by atoms with van der Waals surface area (Å²) in [5.41, 5.74) is 3.81. The molecule has 8 heteroatoms. The molecule has 37 heavy (non-hydrogen) atoms. The van der Waals surface area contributed by atoms with Crippen LogP contribution in [0.1, 0.15) is 60.1 Å². The van der Waals surface area contributed by atoms with Gasteiger partial charge in [0.25, 0.3) is 5.91 Å². The van der Waals surface area contributed by atoms with Gasteiger partial charge in [-0.2, -0.15) is 5.10 Å². The van der Waals surface area contributed by atoms with Crippen molar-refractivity contribution < 1.29 is 23.4 Å². The molecular weight excluding hydrogens is 470 g/mol. The number of unbranched alkanes of at least 4 members (excludes halogenated alkanes) is 1. The number of nitrogens with one attached hydrogen (secondary N) is 1. The lowest BCUT2D eigenvalue weighted by Crippen LogP contribution is -2.29. The molecule has 8 nitrogen and oxygen atoms in total. The van der Waals surface area contributed by atoms with Crippen LogP contribution in [0.3, 0.4) is 0 Å². The smallest absolute Gasteiger partial charge is 0.273 e. The second-order valence-corrected chi connectivity index (χ2v) is 8.85. The van der Waals surface area contributed by atoms with Crippen molar-refractivity contribution >= 4 is 5.91 Å². The van der Waals surface area contributed by atoms with E-state index in [1.807, 2.05) is 61.5 Å². The number of carbonyl (C=O) groups is 1. The summed E-state index contributed by atoms with van der Waals surface area (Å²) in [5.74, 6) is 2.67. The highest BCUT2D eigenvalue weighted by molar-refractivity contribution is 6.00. The number of amides is 1. The van der Waals surface area contributed by atoms with Crippen molar-refractivity contribution in [1.29, 1.82) is 0 Å². The Balaban J connectivity index is 1.59. The van der Waals surface area contributed by atoms with Crippen LogP contribution in [0, 0.1) is 0 Å². The van der Waals surface area contributed by atoms with Gasteiger partial charge in [0.2, 0.25) is 0 Å². The molecule has 0 fully saturated rings. The first-order valence-electron chi connectivity index (χ1n) is 12.6. The lowest BCUT2D eigenvalue weighted by atomic mass is 9.95. The van der Waals surface area contributed by atoms with E-state index in [1.165, 1.54) is 0 Å². The Bertz CT molecular complexity index is 1340. The third kappa shape index (κ3) is 4.79. The summed E-state index contributed by atoms with van der Waals surface area (Å²) < 4.78 is 22.9. The maximum Gasteiger partial charge on any atom is 0.273 e. The van der Waals surface area contributed by atoms with E-state index in [0.29, 0.717) is 42.7 Å². The van der Waals surface area contributed by atoms with Crippen LogP contribution >= 0.6 is 0 Å². The molecule has 1 aliphatic heterocycles. The summed E-state index contributed by atoms with van der Waals surface area (Å²) in [6, 6.07) is 16.9. The topological polar surface area (TPSA) is 89.8 Å². The van der Waals surface area contributed by atoms with Gasteiger partial charge in [0.1, 0.15) is 17.2 Å². The fraction of sp³-hybridized carbons (Fsp3) is 0.310. The number of nitrogens with zero attached hydrogens (tertiary/aromatic N) is 2. The number of furan rings is 1. The highest BCUT2D eigenvalue weighted by atomic mass is 16.5. The monoisotopic (exact) mass is 501 g/mol. The molecule has 1 unspecified atom stereocenters. The predicted octanol–water partition coefficient (Wildman–Crippen LogP) is 6.00. The van der Waals surface area contributed by atoms with Gasteiger partial charge in [-0.15, -0.1) is 0 Å². The molecular formula is C29H31N3O5. The second-order valence-electron chi connectivity index (χ2n) is 8.85. The molecule has 5 rings (SSSR count). The minimum atomic E-state index is -0.396. The van der Waals surface area contributed by atoms with E-state index in [4.69, 9.17) is 18.6 Å². The Kier molecular flexibility index (Phi) is 7.16. The minimum Gasteiger partial charge on any atom is -0.497 e. The van der Waals surface area contributed by atoms with Crippen LogP contribution in [-0.4, -0.2) is 41.3 Å². The molecule has 0 saturated carbocycles. The molecule has 0 aliphatic carbocycles. The van der Waals surface area contributed by atoms with Gasteiger partial charge in [-0.3, -0.25) is 9.89 Å². The summed E-state index contributed by atoms with van der Waals surface area (Å²) in [4.78, 5) is 15.4. The third-order valence-corrected chi connectivity index (χ3v) is 6.47. The van der Waals surface area contributed by atoms with Crippen LogP contribution in [0.4, 0.5) is 0 Å². The summed E-state index contributed by atoms with van der Waals surface area (Å²) in [6.07, 6.45) is 3.63. The molecule has 1 amide bonds. The molecule has 1 N–H and O–H groups in total. The van der Waals surface area contributed by atoms with Gasteiger partial charge in [-0.05, 0) is 67.4 Å². The molecule has 1 atom stereocenters. The molecule has 192 valence electrons. The Morgan fingerprint density at radius 1 is 1.05 bits per heavy atom. The van der Waals surface area contributed by atoms with Crippen molar-refractivity contribution in [3.8, 4) is 28.5 Å². The van der Waals surface area contributed by atoms with Gasteiger partial charge in [0.05, 0.1) is 44.9 Å². The molecule has 0 spiro atoms. The van der Waals surface area contributed by atoms with Gasteiger partial charge in [0, 0.05) is 11.1 Å². The van der Waals surface area contributed by atoms with Crippen molar-refractivity contribution in [1.82, 2.24) is 15.1 Å². The number of hydrogen-bond acceptors (Lipinski definition) is 6. The van der Waals surface area contributed by atoms with Crippen molar-refractivity contribution in [2.45, 2.75) is 39.3 Å². The first kappa shape index (κ1) is 24.5. The number of aromatic amines is 1. The number of rotatable bonds is 11. The maximum absolute atomic E-state index is 13.6. The zero-order valence-corrected chi connectivity index (χ0v) is 21.3. The van der Waals surface area contributed by atoms with Crippen LogP contribution in [0.25, 0.3) is 11.3 Å². The number of hydrogen-bond donors (Lipinski definition) is 1. The van der Waals surface area contributed by atoms with E-state index in [0.717, 1.165) is 41.0 Å². The Hall–Kier alpha value is -4.20. The Labute approximate surface area is 216 Å². The second kappa shape index (κ2) is 10.8. The van der Waals surface area contributed by atoms with Gasteiger partial charge in [-0.1, -0.05) is 19.4 Å². The third-order valence-electron chi connectivity index (χ3n) is 6.47. The highest BCUT2D eigenvalue weighted by Crippen LogP contribution is 2.45. The molecule has 0 radical (unpaired) electrons. The van der Waals surface area contributed by atoms with E-state index in [9.17, 15) is 4.79 Å². The van der Waals surface area contributed by atoms with Crippen molar-refractivity contribution in [2.75, 3.05) is 20.3 Å². The average Bonchev–Trinajstić information content (AvgIpc) is 3.65. The number of H-pyrrole nitrogens is 1. The van der Waals surface area contributed by atoms with Crippen LogP contribution in [0.2, 0.25) is 0 Å². The van der Waals surface area contributed by atoms with Gasteiger partial charge in [0.15, 0.2) is 11.5 Å². The Morgan fingerprint density at radius 3 is 2.59 bits per heavy atom. The summed E-state index contributed by atoms with van der Waals surface area (Å²) in [7, 11) is 1.63. The molecule has 2 aromatic heterocycles. The normalized spacial score (nSPS) is 14.6. The van der Waals surface area contributed by atoms with Crippen LogP contribution in [0.15, 0.2) is 65.3 Å². The molecule has 1 aliphatic rings. The fourth-order valence-corrected chi connectivity index (χ4v) is 4.65. The quantitative estimate of drug-likeness (QED) is 0.254. The van der Waals surface area contributed by atoms with Crippen molar-refractivity contribution in [3.05, 3.63) is 83.4 Å². The molecule has 0 saturated heterocycles. The number of benzene rings is 2. The first-order chi connectivity index (χ1) is 18.1. The average molecular weight is 502 g/mol. The zero-order valence-electron chi connectivity index (χ0n) is 21.3. The lowest BCUT2D eigenvalue weighted by Gasteiger charge is -2.26. The van der Waals surface area contributed by atoms with Crippen molar-refractivity contribution in [2.24, 2.45) is 0 Å². The molecule has 0 bridgehead atoms. The van der Waals surface area contributed by atoms with Crippen LogP contribution in [-0.2, 0) is 6.54 Å². The summed E-state index contributed by atoms with van der Waals surface area (Å²) in [6.45, 7) is 5.52. The van der Waals surface area contributed by atoms with Gasteiger partial charge >= 0.3 is 0 Å². The number of aromatic nitrogens is 2.